The summed E-state index contributed by atoms with van der Waals surface area (Å²) in [6, 6.07) is 15.0. The van der Waals surface area contributed by atoms with E-state index < -0.39 is 11.9 Å². The Labute approximate surface area is 177 Å². The Morgan fingerprint density at radius 1 is 0.933 bits per heavy atom. The number of nitrogens with one attached hydrogen (secondary N) is 1. The highest BCUT2D eigenvalue weighted by Gasteiger charge is 2.12. The third-order valence-corrected chi connectivity index (χ3v) is 4.31. The average Bonchev–Trinajstić information content (AvgIpc) is 2.73. The number of esters is 1. The molecule has 2 rings (SSSR count). The third kappa shape index (κ3) is 6.99. The normalized spacial score (nSPS) is 10.4. The summed E-state index contributed by atoms with van der Waals surface area (Å²) in [5, 5.41) is 2.71. The van der Waals surface area contributed by atoms with E-state index in [1.165, 1.54) is 0 Å². The van der Waals surface area contributed by atoms with Crippen LogP contribution in [0.4, 0.5) is 11.4 Å². The summed E-state index contributed by atoms with van der Waals surface area (Å²) in [4.78, 5) is 26.2. The topological polar surface area (TPSA) is 77.1 Å². The van der Waals surface area contributed by atoms with Crippen LogP contribution >= 0.6 is 0 Å². The number of ether oxygens (including phenoxy) is 3. The number of nitrogens with zero attached hydrogens (tertiary/aromatic N) is 1. The first kappa shape index (κ1) is 23.1. The van der Waals surface area contributed by atoms with Crippen molar-refractivity contribution >= 4 is 23.3 Å². The average molecular weight is 415 g/mol. The van der Waals surface area contributed by atoms with Crippen LogP contribution in [0.25, 0.3) is 0 Å². The van der Waals surface area contributed by atoms with Gasteiger partial charge in [0.15, 0.2) is 24.7 Å². The number of amides is 1. The Balaban J connectivity index is 1.78. The molecule has 0 heterocycles. The molecule has 30 heavy (non-hydrogen) atoms. The predicted octanol–water partition coefficient (Wildman–Crippen LogP) is 3.88. The zero-order chi connectivity index (χ0) is 21.9. The van der Waals surface area contributed by atoms with Crippen molar-refractivity contribution in [3.05, 3.63) is 48.5 Å². The molecule has 0 radical (unpaired) electrons. The molecule has 7 nitrogen and oxygen atoms in total. The number of rotatable bonds is 11. The number of hydrogen-bond donors (Lipinski definition) is 1. The fourth-order valence-electron chi connectivity index (χ4n) is 2.95. The SMILES string of the molecule is CCOc1ccccc1OCC(=O)OCC(=O)Nc1ccc(N(CC)C(C)C)cc1. The van der Waals surface area contributed by atoms with Crippen molar-refractivity contribution in [2.75, 3.05) is 36.6 Å². The van der Waals surface area contributed by atoms with Crippen LogP contribution in [0, 0.1) is 0 Å². The van der Waals surface area contributed by atoms with Crippen molar-refractivity contribution in [1.82, 2.24) is 0 Å². The molecule has 0 bridgehead atoms. The molecular weight excluding hydrogens is 384 g/mol. The minimum Gasteiger partial charge on any atom is -0.490 e. The number of carbonyl (C=O) groups excluding carboxylic acids is 2. The predicted molar refractivity (Wildman–Crippen MR) is 117 cm³/mol. The molecule has 1 N–H and O–H groups in total. The minimum absolute atomic E-state index is 0.311. The molecule has 162 valence electrons. The molecule has 2 aromatic rings. The summed E-state index contributed by atoms with van der Waals surface area (Å²) >= 11 is 0. The number of benzene rings is 2. The largest absolute Gasteiger partial charge is 0.490 e. The zero-order valence-corrected chi connectivity index (χ0v) is 18.0. The maximum atomic E-state index is 12.1. The highest BCUT2D eigenvalue weighted by Crippen LogP contribution is 2.26. The second-order valence-electron chi connectivity index (χ2n) is 6.80. The number of anilines is 2. The molecule has 0 unspecified atom stereocenters. The van der Waals surface area contributed by atoms with Crippen molar-refractivity contribution in [3.8, 4) is 11.5 Å². The first-order chi connectivity index (χ1) is 14.4. The lowest BCUT2D eigenvalue weighted by Crippen LogP contribution is -2.30. The molecule has 0 aliphatic heterocycles. The van der Waals surface area contributed by atoms with Gasteiger partial charge in [0.25, 0.3) is 5.91 Å². The van der Waals surface area contributed by atoms with Crippen LogP contribution in [0.3, 0.4) is 0 Å². The molecule has 0 aromatic heterocycles. The Kier molecular flexibility index (Phi) is 9.00. The molecule has 0 fully saturated rings. The summed E-state index contributed by atoms with van der Waals surface area (Å²) in [7, 11) is 0. The van der Waals surface area contributed by atoms with E-state index in [9.17, 15) is 9.59 Å². The van der Waals surface area contributed by atoms with Crippen molar-refractivity contribution in [3.63, 3.8) is 0 Å². The van der Waals surface area contributed by atoms with Gasteiger partial charge in [0.05, 0.1) is 6.61 Å². The van der Waals surface area contributed by atoms with E-state index in [0.717, 1.165) is 12.2 Å². The molecule has 2 aromatic carbocycles. The van der Waals surface area contributed by atoms with E-state index in [0.29, 0.717) is 29.8 Å². The summed E-state index contributed by atoms with van der Waals surface area (Å²) < 4.78 is 15.8. The van der Waals surface area contributed by atoms with Crippen LogP contribution in [0.1, 0.15) is 27.7 Å². The van der Waals surface area contributed by atoms with Gasteiger partial charge in [-0.25, -0.2) is 4.79 Å². The van der Waals surface area contributed by atoms with Crippen LogP contribution < -0.4 is 19.7 Å². The van der Waals surface area contributed by atoms with E-state index in [4.69, 9.17) is 14.2 Å². The fourth-order valence-corrected chi connectivity index (χ4v) is 2.95. The van der Waals surface area contributed by atoms with Crippen molar-refractivity contribution < 1.29 is 23.8 Å². The zero-order valence-electron chi connectivity index (χ0n) is 18.0. The standard InChI is InChI=1S/C23H30N2O5/c1-5-25(17(3)4)19-13-11-18(12-14-19)24-22(26)15-30-23(27)16-29-21-10-8-7-9-20(21)28-6-2/h7-14,17H,5-6,15-16H2,1-4H3,(H,24,26). The van der Waals surface area contributed by atoms with Crippen LogP contribution in [0.2, 0.25) is 0 Å². The van der Waals surface area contributed by atoms with Crippen LogP contribution in [0.5, 0.6) is 11.5 Å². The van der Waals surface area contributed by atoms with Gasteiger partial charge in [-0.3, -0.25) is 4.79 Å². The number of para-hydroxylation sites is 2. The quantitative estimate of drug-likeness (QED) is 0.562. The van der Waals surface area contributed by atoms with Gasteiger partial charge in [-0.2, -0.15) is 0 Å². The molecule has 0 saturated heterocycles. The van der Waals surface area contributed by atoms with Gasteiger partial charge in [-0.15, -0.1) is 0 Å². The number of carbonyl (C=O) groups is 2. The van der Waals surface area contributed by atoms with E-state index in [1.807, 2.05) is 37.3 Å². The lowest BCUT2D eigenvalue weighted by molar-refractivity contribution is -0.149. The second-order valence-corrected chi connectivity index (χ2v) is 6.80. The Hall–Kier alpha value is -3.22. The van der Waals surface area contributed by atoms with E-state index in [1.54, 1.807) is 18.2 Å². The van der Waals surface area contributed by atoms with Crippen LogP contribution in [-0.4, -0.2) is 44.3 Å². The van der Waals surface area contributed by atoms with Crippen molar-refractivity contribution in [1.29, 1.82) is 0 Å². The monoisotopic (exact) mass is 414 g/mol. The second kappa shape index (κ2) is 11.7. The van der Waals surface area contributed by atoms with Crippen molar-refractivity contribution in [2.45, 2.75) is 33.7 Å². The third-order valence-electron chi connectivity index (χ3n) is 4.31. The summed E-state index contributed by atoms with van der Waals surface area (Å²) in [5.74, 6) is -0.0548. The first-order valence-corrected chi connectivity index (χ1v) is 10.1. The Morgan fingerprint density at radius 2 is 1.57 bits per heavy atom. The number of hydrogen-bond acceptors (Lipinski definition) is 6. The van der Waals surface area contributed by atoms with Gasteiger partial charge in [0.2, 0.25) is 0 Å². The van der Waals surface area contributed by atoms with Gasteiger partial charge in [0.1, 0.15) is 0 Å². The smallest absolute Gasteiger partial charge is 0.344 e. The van der Waals surface area contributed by atoms with Crippen molar-refractivity contribution in [2.24, 2.45) is 0 Å². The molecule has 0 spiro atoms. The van der Waals surface area contributed by atoms with Gasteiger partial charge >= 0.3 is 5.97 Å². The van der Waals surface area contributed by atoms with Gasteiger partial charge in [0, 0.05) is 24.0 Å². The van der Waals surface area contributed by atoms with E-state index in [-0.39, 0.29) is 13.2 Å². The molecular formula is C23H30N2O5. The molecule has 0 atom stereocenters. The van der Waals surface area contributed by atoms with E-state index in [2.05, 4.69) is 31.0 Å². The summed E-state index contributed by atoms with van der Waals surface area (Å²) in [6.07, 6.45) is 0. The maximum Gasteiger partial charge on any atom is 0.344 e. The van der Waals surface area contributed by atoms with E-state index >= 15 is 0 Å². The lowest BCUT2D eigenvalue weighted by atomic mass is 10.2. The Bertz CT molecular complexity index is 821. The maximum absolute atomic E-state index is 12.1. The van der Waals surface area contributed by atoms with Crippen LogP contribution in [0.15, 0.2) is 48.5 Å². The highest BCUT2D eigenvalue weighted by atomic mass is 16.6. The van der Waals surface area contributed by atoms with Gasteiger partial charge in [-0.1, -0.05) is 12.1 Å². The summed E-state index contributed by atoms with van der Waals surface area (Å²) in [6.45, 7) is 8.92. The lowest BCUT2D eigenvalue weighted by Gasteiger charge is -2.27. The summed E-state index contributed by atoms with van der Waals surface area (Å²) in [5.41, 5.74) is 1.72. The van der Waals surface area contributed by atoms with Crippen LogP contribution in [-0.2, 0) is 14.3 Å². The molecule has 7 heteroatoms. The van der Waals surface area contributed by atoms with Gasteiger partial charge in [-0.05, 0) is 64.1 Å². The minimum atomic E-state index is -0.637. The fraction of sp³-hybridized carbons (Fsp3) is 0.391. The van der Waals surface area contributed by atoms with Gasteiger partial charge < -0.3 is 24.4 Å². The Morgan fingerprint density at radius 3 is 2.13 bits per heavy atom. The molecule has 0 aliphatic carbocycles. The molecule has 1 amide bonds. The molecule has 0 aliphatic rings. The first-order valence-electron chi connectivity index (χ1n) is 10.1. The molecule has 0 saturated carbocycles. The highest BCUT2D eigenvalue weighted by molar-refractivity contribution is 5.93.